The van der Waals surface area contributed by atoms with Gasteiger partial charge in [0.2, 0.25) is 17.7 Å². The predicted octanol–water partition coefficient (Wildman–Crippen LogP) is 1.28. The van der Waals surface area contributed by atoms with E-state index >= 15 is 0 Å². The number of hydrogen-bond donors (Lipinski definition) is 1. The van der Waals surface area contributed by atoms with Crippen molar-refractivity contribution >= 4 is 23.5 Å². The van der Waals surface area contributed by atoms with Gasteiger partial charge in [0.1, 0.15) is 12.4 Å². The van der Waals surface area contributed by atoms with Crippen molar-refractivity contribution in [3.8, 4) is 0 Å². The fraction of sp³-hybridized carbons (Fsp3) is 0.375. The van der Waals surface area contributed by atoms with Crippen LogP contribution in [-0.4, -0.2) is 34.2 Å². The lowest BCUT2D eigenvalue weighted by Gasteiger charge is -2.14. The van der Waals surface area contributed by atoms with Crippen LogP contribution in [-0.2, 0) is 14.4 Å². The Balaban J connectivity index is 1.67. The molecule has 3 rings (SSSR count). The molecule has 1 aromatic rings. The van der Waals surface area contributed by atoms with Gasteiger partial charge in [0.05, 0.1) is 11.8 Å². The molecule has 2 aliphatic rings. The highest BCUT2D eigenvalue weighted by Crippen LogP contribution is 2.34. The first kappa shape index (κ1) is 14.4. The zero-order valence-corrected chi connectivity index (χ0v) is 12.3. The van der Waals surface area contributed by atoms with Crippen molar-refractivity contribution in [1.82, 2.24) is 9.88 Å². The lowest BCUT2D eigenvalue weighted by molar-refractivity contribution is -0.142. The third-order valence-electron chi connectivity index (χ3n) is 4.06. The Morgan fingerprint density at radius 1 is 1.23 bits per heavy atom. The third-order valence-corrected chi connectivity index (χ3v) is 4.06. The van der Waals surface area contributed by atoms with Crippen LogP contribution in [0.1, 0.15) is 18.5 Å². The molecule has 0 unspecified atom stereocenters. The molecule has 1 saturated heterocycles. The van der Waals surface area contributed by atoms with Gasteiger partial charge in [-0.1, -0.05) is 18.2 Å². The molecule has 0 radical (unpaired) electrons. The van der Waals surface area contributed by atoms with E-state index in [1.54, 1.807) is 12.1 Å². The van der Waals surface area contributed by atoms with Gasteiger partial charge in [-0.05, 0) is 31.9 Å². The number of fused-ring (bicyclic) bond motifs is 1. The van der Waals surface area contributed by atoms with E-state index < -0.39 is 5.91 Å². The molecule has 0 aromatic carbocycles. The molecule has 114 valence electrons. The van der Waals surface area contributed by atoms with E-state index in [0.717, 1.165) is 10.6 Å². The fourth-order valence-corrected chi connectivity index (χ4v) is 2.96. The van der Waals surface area contributed by atoms with Gasteiger partial charge in [0.15, 0.2) is 0 Å². The monoisotopic (exact) mass is 299 g/mol. The van der Waals surface area contributed by atoms with Crippen LogP contribution in [0.25, 0.3) is 0 Å². The number of imide groups is 1. The standard InChI is InChI=1S/C16H17N3O3/c1-10-5-4-8-13(17-10)18-14(20)9-19-15(21)11-6-2-3-7-12(11)16(19)22/h2-5,8,11-12H,6-7,9H2,1H3,(H,17,18,20)/t11-,12-/m0/s1. The summed E-state index contributed by atoms with van der Waals surface area (Å²) in [6.07, 6.45) is 5.00. The van der Waals surface area contributed by atoms with Crippen LogP contribution in [0.15, 0.2) is 30.4 Å². The SMILES string of the molecule is Cc1cccc(NC(=O)CN2C(=O)[C@H]3CC=CC[C@@H]3C2=O)n1. The minimum absolute atomic E-state index is 0.244. The maximum absolute atomic E-state index is 12.3. The first-order valence-corrected chi connectivity index (χ1v) is 7.30. The largest absolute Gasteiger partial charge is 0.309 e. The summed E-state index contributed by atoms with van der Waals surface area (Å²) in [5, 5.41) is 2.62. The molecule has 22 heavy (non-hydrogen) atoms. The zero-order valence-electron chi connectivity index (χ0n) is 12.3. The molecule has 0 spiro atoms. The summed E-state index contributed by atoms with van der Waals surface area (Å²) in [5.74, 6) is -1.09. The molecule has 2 atom stereocenters. The predicted molar refractivity (Wildman–Crippen MR) is 79.7 cm³/mol. The molecule has 1 N–H and O–H groups in total. The molecule has 0 saturated carbocycles. The van der Waals surface area contributed by atoms with Crippen LogP contribution in [0, 0.1) is 18.8 Å². The minimum Gasteiger partial charge on any atom is -0.309 e. The van der Waals surface area contributed by atoms with Crippen molar-refractivity contribution < 1.29 is 14.4 Å². The molecule has 0 bridgehead atoms. The van der Waals surface area contributed by atoms with Gasteiger partial charge in [-0.2, -0.15) is 0 Å². The van der Waals surface area contributed by atoms with Gasteiger partial charge in [0, 0.05) is 5.69 Å². The number of aryl methyl sites for hydroxylation is 1. The molecule has 6 heteroatoms. The highest BCUT2D eigenvalue weighted by molar-refractivity contribution is 6.08. The van der Waals surface area contributed by atoms with E-state index in [-0.39, 0.29) is 30.2 Å². The number of nitrogens with one attached hydrogen (secondary N) is 1. The summed E-state index contributed by atoms with van der Waals surface area (Å²) in [4.78, 5) is 41.8. The van der Waals surface area contributed by atoms with E-state index in [9.17, 15) is 14.4 Å². The Bertz CT molecular complexity index is 642. The number of allylic oxidation sites excluding steroid dienone is 2. The van der Waals surface area contributed by atoms with Gasteiger partial charge in [-0.3, -0.25) is 19.3 Å². The number of amides is 3. The van der Waals surface area contributed by atoms with Gasteiger partial charge >= 0.3 is 0 Å². The number of anilines is 1. The average molecular weight is 299 g/mol. The summed E-state index contributed by atoms with van der Waals surface area (Å²) >= 11 is 0. The van der Waals surface area contributed by atoms with Gasteiger partial charge in [0.25, 0.3) is 0 Å². The Morgan fingerprint density at radius 2 is 1.86 bits per heavy atom. The van der Waals surface area contributed by atoms with Crippen molar-refractivity contribution in [2.45, 2.75) is 19.8 Å². The number of nitrogens with zero attached hydrogens (tertiary/aromatic N) is 2. The van der Waals surface area contributed by atoms with Gasteiger partial charge in [-0.25, -0.2) is 4.98 Å². The average Bonchev–Trinajstić information content (AvgIpc) is 2.73. The van der Waals surface area contributed by atoms with E-state index in [4.69, 9.17) is 0 Å². The second-order valence-electron chi connectivity index (χ2n) is 5.63. The maximum atomic E-state index is 12.3. The van der Waals surface area contributed by atoms with Crippen LogP contribution < -0.4 is 5.32 Å². The summed E-state index contributed by atoms with van der Waals surface area (Å²) < 4.78 is 0. The fourth-order valence-electron chi connectivity index (χ4n) is 2.96. The van der Waals surface area contributed by atoms with E-state index in [1.165, 1.54) is 0 Å². The van der Waals surface area contributed by atoms with Crippen molar-refractivity contribution in [2.75, 3.05) is 11.9 Å². The summed E-state index contributed by atoms with van der Waals surface area (Å²) in [7, 11) is 0. The molecular weight excluding hydrogens is 282 g/mol. The Hall–Kier alpha value is -2.50. The molecule has 1 aromatic heterocycles. The molecule has 3 amide bonds. The second-order valence-corrected chi connectivity index (χ2v) is 5.63. The molecule has 1 aliphatic carbocycles. The Morgan fingerprint density at radius 3 is 2.45 bits per heavy atom. The van der Waals surface area contributed by atoms with Crippen LogP contribution >= 0.6 is 0 Å². The van der Waals surface area contributed by atoms with E-state index in [2.05, 4.69) is 10.3 Å². The molecule has 1 aliphatic heterocycles. The number of likely N-dealkylation sites (tertiary alicyclic amines) is 1. The Labute approximate surface area is 128 Å². The minimum atomic E-state index is -0.411. The second kappa shape index (κ2) is 5.71. The molecule has 2 heterocycles. The maximum Gasteiger partial charge on any atom is 0.245 e. The number of pyridine rings is 1. The first-order valence-electron chi connectivity index (χ1n) is 7.30. The van der Waals surface area contributed by atoms with E-state index in [1.807, 2.05) is 25.1 Å². The summed E-state index contributed by atoms with van der Waals surface area (Å²) in [6.45, 7) is 1.57. The van der Waals surface area contributed by atoms with Crippen LogP contribution in [0.2, 0.25) is 0 Å². The van der Waals surface area contributed by atoms with Gasteiger partial charge < -0.3 is 5.32 Å². The number of carbonyl (C=O) groups excluding carboxylic acids is 3. The molecule has 6 nitrogen and oxygen atoms in total. The number of aromatic nitrogens is 1. The number of carbonyl (C=O) groups is 3. The normalized spacial score (nSPS) is 23.6. The topological polar surface area (TPSA) is 79.4 Å². The number of rotatable bonds is 3. The first-order chi connectivity index (χ1) is 10.6. The van der Waals surface area contributed by atoms with Crippen molar-refractivity contribution in [2.24, 2.45) is 11.8 Å². The van der Waals surface area contributed by atoms with Crippen molar-refractivity contribution in [3.63, 3.8) is 0 Å². The lowest BCUT2D eigenvalue weighted by Crippen LogP contribution is -2.38. The van der Waals surface area contributed by atoms with Crippen LogP contribution in [0.5, 0.6) is 0 Å². The van der Waals surface area contributed by atoms with Crippen molar-refractivity contribution in [1.29, 1.82) is 0 Å². The Kier molecular flexibility index (Phi) is 3.75. The highest BCUT2D eigenvalue weighted by Gasteiger charge is 2.47. The third kappa shape index (κ3) is 2.64. The number of hydrogen-bond acceptors (Lipinski definition) is 4. The lowest BCUT2D eigenvalue weighted by atomic mass is 9.85. The quantitative estimate of drug-likeness (QED) is 0.673. The molecule has 1 fully saturated rings. The highest BCUT2D eigenvalue weighted by atomic mass is 16.2. The summed E-state index contributed by atoms with van der Waals surface area (Å²) in [5.41, 5.74) is 0.781. The smallest absolute Gasteiger partial charge is 0.245 e. The summed E-state index contributed by atoms with van der Waals surface area (Å²) in [6, 6.07) is 5.27. The zero-order chi connectivity index (χ0) is 15.7. The molecular formula is C16H17N3O3. The van der Waals surface area contributed by atoms with Crippen LogP contribution in [0.3, 0.4) is 0 Å². The van der Waals surface area contributed by atoms with Crippen LogP contribution in [0.4, 0.5) is 5.82 Å². The van der Waals surface area contributed by atoms with Crippen molar-refractivity contribution in [3.05, 3.63) is 36.0 Å². The van der Waals surface area contributed by atoms with E-state index in [0.29, 0.717) is 18.7 Å². The van der Waals surface area contributed by atoms with Gasteiger partial charge in [-0.15, -0.1) is 0 Å².